The van der Waals surface area contributed by atoms with Gasteiger partial charge in [0.05, 0.1) is 11.0 Å². The van der Waals surface area contributed by atoms with E-state index in [1.807, 2.05) is 0 Å². The Morgan fingerprint density at radius 1 is 0.420 bits per heavy atom. The maximum absolute atomic E-state index is 2.50. The van der Waals surface area contributed by atoms with E-state index in [4.69, 9.17) is 0 Å². The summed E-state index contributed by atoms with van der Waals surface area (Å²) < 4.78 is 2.50. The molecule has 0 bridgehead atoms. The lowest BCUT2D eigenvalue weighted by Gasteiger charge is -2.29. The van der Waals surface area contributed by atoms with Gasteiger partial charge >= 0.3 is 0 Å². The molecule has 0 atom stereocenters. The minimum atomic E-state index is -0.131. The zero-order valence-corrected chi connectivity index (χ0v) is 31.1. The molecule has 1 aliphatic carbocycles. The third-order valence-corrected chi connectivity index (χ3v) is 10.9. The molecule has 1 heterocycles. The highest BCUT2D eigenvalue weighted by molar-refractivity contribution is 6.18. The first-order chi connectivity index (χ1) is 23.7. The van der Waals surface area contributed by atoms with E-state index in [-0.39, 0.29) is 22.2 Å². The van der Waals surface area contributed by atoms with Gasteiger partial charge in [-0.15, -0.1) is 0 Å². The molecule has 1 aromatic heterocycles. The van der Waals surface area contributed by atoms with E-state index in [2.05, 4.69) is 194 Å². The summed E-state index contributed by atoms with van der Waals surface area (Å²) in [6.07, 6.45) is 0. The fraction of sp³-hybridized carbons (Fsp3) is 0.265. The highest BCUT2D eigenvalue weighted by Gasteiger charge is 2.35. The Kier molecular flexibility index (Phi) is 7.32. The van der Waals surface area contributed by atoms with Gasteiger partial charge in [0.2, 0.25) is 0 Å². The van der Waals surface area contributed by atoms with Crippen molar-refractivity contribution in [1.29, 1.82) is 0 Å². The lowest BCUT2D eigenvalue weighted by Crippen LogP contribution is -2.17. The van der Waals surface area contributed by atoms with Crippen LogP contribution >= 0.6 is 0 Å². The van der Waals surface area contributed by atoms with E-state index in [1.165, 1.54) is 83.1 Å². The molecule has 250 valence electrons. The summed E-state index contributed by atoms with van der Waals surface area (Å²) in [4.78, 5) is 0. The Morgan fingerprint density at radius 3 is 1.50 bits per heavy atom. The lowest BCUT2D eigenvalue weighted by molar-refractivity contribution is 0.569. The first-order valence-electron chi connectivity index (χ1n) is 18.2. The van der Waals surface area contributed by atoms with Crippen molar-refractivity contribution in [3.05, 3.63) is 161 Å². The van der Waals surface area contributed by atoms with Crippen molar-refractivity contribution < 1.29 is 0 Å². The zero-order valence-electron chi connectivity index (χ0n) is 31.1. The maximum Gasteiger partial charge on any atom is 0.0547 e. The first kappa shape index (κ1) is 32.3. The second kappa shape index (κ2) is 11.3. The van der Waals surface area contributed by atoms with Gasteiger partial charge in [0.25, 0.3) is 0 Å². The summed E-state index contributed by atoms with van der Waals surface area (Å²) in [6, 6.07) is 48.2. The molecule has 0 amide bonds. The van der Waals surface area contributed by atoms with Crippen molar-refractivity contribution in [2.24, 2.45) is 0 Å². The normalized spacial score (nSPS) is 13.6. The van der Waals surface area contributed by atoms with Crippen molar-refractivity contribution in [3.8, 4) is 27.9 Å². The van der Waals surface area contributed by atoms with E-state index in [0.717, 1.165) is 0 Å². The Morgan fingerprint density at radius 2 is 0.940 bits per heavy atom. The molecule has 0 unspecified atom stereocenters. The molecular formula is C49H49N. The van der Waals surface area contributed by atoms with Crippen molar-refractivity contribution in [3.63, 3.8) is 0 Å². The van der Waals surface area contributed by atoms with E-state index in [1.54, 1.807) is 0 Å². The average molecular weight is 652 g/mol. The van der Waals surface area contributed by atoms with Crippen molar-refractivity contribution in [2.45, 2.75) is 84.5 Å². The van der Waals surface area contributed by atoms with Crippen LogP contribution in [0.15, 0.2) is 127 Å². The molecule has 50 heavy (non-hydrogen) atoms. The van der Waals surface area contributed by atoms with E-state index >= 15 is 0 Å². The van der Waals surface area contributed by atoms with Crippen LogP contribution in [0.25, 0.3) is 49.7 Å². The van der Waals surface area contributed by atoms with E-state index < -0.39 is 0 Å². The number of para-hydroxylation sites is 1. The maximum atomic E-state index is 2.50. The van der Waals surface area contributed by atoms with Crippen LogP contribution in [0.5, 0.6) is 0 Å². The van der Waals surface area contributed by atoms with Gasteiger partial charge < -0.3 is 4.57 Å². The Hall–Kier alpha value is -4.88. The highest BCUT2D eigenvalue weighted by Crippen LogP contribution is 2.53. The molecule has 8 rings (SSSR count). The van der Waals surface area contributed by atoms with Gasteiger partial charge in [0, 0.05) is 22.4 Å². The fourth-order valence-electron chi connectivity index (χ4n) is 8.45. The molecule has 0 saturated heterocycles. The van der Waals surface area contributed by atoms with Gasteiger partial charge in [0.1, 0.15) is 0 Å². The molecule has 6 aromatic carbocycles. The molecular weight excluding hydrogens is 603 g/mol. The number of hydrogen-bond acceptors (Lipinski definition) is 0. The molecule has 7 aromatic rings. The van der Waals surface area contributed by atoms with Crippen LogP contribution < -0.4 is 0 Å². The number of nitrogens with zero attached hydrogens (tertiary/aromatic N) is 1. The first-order valence-corrected chi connectivity index (χ1v) is 18.2. The average Bonchev–Trinajstić information content (AvgIpc) is 3.60. The molecule has 0 saturated carbocycles. The summed E-state index contributed by atoms with van der Waals surface area (Å²) >= 11 is 0. The summed E-state index contributed by atoms with van der Waals surface area (Å²) in [5, 5.41) is 2.70. The number of rotatable bonds is 3. The van der Waals surface area contributed by atoms with Crippen LogP contribution in [0.2, 0.25) is 0 Å². The monoisotopic (exact) mass is 651 g/mol. The number of hydrogen-bond donors (Lipinski definition) is 0. The molecule has 1 heteroatoms. The van der Waals surface area contributed by atoms with Crippen LogP contribution in [0.3, 0.4) is 0 Å². The van der Waals surface area contributed by atoms with Crippen molar-refractivity contribution >= 4 is 21.8 Å². The van der Waals surface area contributed by atoms with E-state index in [0.29, 0.717) is 0 Å². The number of fused-ring (bicyclic) bond motifs is 6. The Bertz CT molecular complexity index is 2340. The number of aromatic nitrogens is 1. The van der Waals surface area contributed by atoms with E-state index in [9.17, 15) is 0 Å². The van der Waals surface area contributed by atoms with Gasteiger partial charge in [0.15, 0.2) is 0 Å². The second-order valence-corrected chi connectivity index (χ2v) is 17.5. The van der Waals surface area contributed by atoms with Gasteiger partial charge in [-0.05, 0) is 96.1 Å². The summed E-state index contributed by atoms with van der Waals surface area (Å²) in [6.45, 7) is 21.2. The largest absolute Gasteiger partial charge is 0.309 e. The zero-order chi connectivity index (χ0) is 35.2. The smallest absolute Gasteiger partial charge is 0.0547 e. The Balaban J connectivity index is 1.55. The van der Waals surface area contributed by atoms with Crippen LogP contribution in [-0.2, 0) is 16.2 Å². The quantitative estimate of drug-likeness (QED) is 0.179. The summed E-state index contributed by atoms with van der Waals surface area (Å²) in [5.41, 5.74) is 17.3. The topological polar surface area (TPSA) is 4.93 Å². The van der Waals surface area contributed by atoms with Crippen LogP contribution in [0, 0.1) is 0 Å². The van der Waals surface area contributed by atoms with Crippen LogP contribution in [0.1, 0.15) is 102 Å². The second-order valence-electron chi connectivity index (χ2n) is 17.5. The predicted molar refractivity (Wildman–Crippen MR) is 215 cm³/mol. The van der Waals surface area contributed by atoms with Crippen molar-refractivity contribution in [1.82, 2.24) is 4.57 Å². The van der Waals surface area contributed by atoms with Gasteiger partial charge in [-0.1, -0.05) is 165 Å². The van der Waals surface area contributed by atoms with Crippen LogP contribution in [-0.4, -0.2) is 4.57 Å². The third-order valence-electron chi connectivity index (χ3n) is 10.9. The standard InChI is InChI=1S/C49H49N/c1-47(2,3)32-28-31(29-33(30-32)48(4,5)6)35-24-17-25-41-44(35)45-42(50(41)34-18-11-10-12-19-34)27-26-40(46(45)49(7,8)9)43-38-22-15-13-20-36(38)37-21-14-16-23-39(37)43/h10-30,43H,1-9H3. The fourth-order valence-corrected chi connectivity index (χ4v) is 8.45. The molecule has 0 N–H and O–H groups in total. The predicted octanol–water partition coefficient (Wildman–Crippen LogP) is 13.5. The summed E-state index contributed by atoms with van der Waals surface area (Å²) in [5.74, 6) is 0.167. The highest BCUT2D eigenvalue weighted by atomic mass is 15.0. The van der Waals surface area contributed by atoms with Crippen LogP contribution in [0.4, 0.5) is 0 Å². The van der Waals surface area contributed by atoms with Crippen molar-refractivity contribution in [2.75, 3.05) is 0 Å². The molecule has 1 aliphatic rings. The minimum absolute atomic E-state index is 0.0228. The van der Waals surface area contributed by atoms with Gasteiger partial charge in [-0.25, -0.2) is 0 Å². The SMILES string of the molecule is CC(C)(C)c1cc(-c2cccc3c2c2c(C(C)(C)C)c(C4c5ccccc5-c5ccccc54)ccc2n3-c2ccccc2)cc(C(C)(C)C)c1. The van der Waals surface area contributed by atoms with Gasteiger partial charge in [-0.3, -0.25) is 0 Å². The number of benzene rings is 6. The Labute approximate surface area is 298 Å². The molecule has 0 spiro atoms. The third kappa shape index (κ3) is 5.13. The minimum Gasteiger partial charge on any atom is -0.309 e. The molecule has 0 fully saturated rings. The summed E-state index contributed by atoms with van der Waals surface area (Å²) in [7, 11) is 0. The molecule has 0 aliphatic heterocycles. The molecule has 0 radical (unpaired) electrons. The van der Waals surface area contributed by atoms with Gasteiger partial charge in [-0.2, -0.15) is 0 Å². The molecule has 1 nitrogen and oxygen atoms in total. The lowest BCUT2D eigenvalue weighted by atomic mass is 9.75.